The third-order valence-electron chi connectivity index (χ3n) is 5.06. The first kappa shape index (κ1) is 24.2. The summed E-state index contributed by atoms with van der Waals surface area (Å²) in [6.45, 7) is 0. The van der Waals surface area contributed by atoms with Gasteiger partial charge in [0.15, 0.2) is 0 Å². The molecule has 1 N–H and O–H groups in total. The predicted octanol–water partition coefficient (Wildman–Crippen LogP) is 6.71. The van der Waals surface area contributed by atoms with Crippen LogP contribution in [0.5, 0.6) is 0 Å². The van der Waals surface area contributed by atoms with E-state index in [1.807, 2.05) is 12.1 Å². The number of carbonyl (C=O) groups is 2. The summed E-state index contributed by atoms with van der Waals surface area (Å²) in [4.78, 5) is 28.0. The maximum atomic E-state index is 13.5. The second-order valence-electron chi connectivity index (χ2n) is 7.28. The van der Waals surface area contributed by atoms with Gasteiger partial charge in [0.2, 0.25) is 5.91 Å². The third-order valence-corrected chi connectivity index (χ3v) is 7.25. The summed E-state index contributed by atoms with van der Waals surface area (Å²) in [5.41, 5.74) is 1.42. The Kier molecular flexibility index (Phi) is 7.50. The van der Waals surface area contributed by atoms with E-state index in [0.29, 0.717) is 32.0 Å². The standard InChI is InChI=1S/C25H16Cl3N3O2S/c26-16-10-11-19(27)15(12-16)13-22-24(33)31(17-6-2-1-3-7-17)25(34-22)18(14-29)23(32)30-21-9-5-4-8-20(21)28/h1-12,22H,13H2,(H,30,32)/b25-18-/t22-/m1/s1. The van der Waals surface area contributed by atoms with E-state index in [2.05, 4.69) is 5.32 Å². The van der Waals surface area contributed by atoms with Crippen LogP contribution in [0.15, 0.2) is 83.4 Å². The highest BCUT2D eigenvalue weighted by molar-refractivity contribution is 8.05. The molecule has 4 rings (SSSR count). The molecule has 1 fully saturated rings. The van der Waals surface area contributed by atoms with E-state index >= 15 is 0 Å². The number of rotatable bonds is 5. The first-order valence-electron chi connectivity index (χ1n) is 10.1. The van der Waals surface area contributed by atoms with E-state index in [-0.39, 0.29) is 22.9 Å². The van der Waals surface area contributed by atoms with Gasteiger partial charge in [-0.1, -0.05) is 76.9 Å². The molecule has 0 unspecified atom stereocenters. The Morgan fingerprint density at radius 1 is 1.00 bits per heavy atom. The van der Waals surface area contributed by atoms with Gasteiger partial charge in [0.25, 0.3) is 5.91 Å². The van der Waals surface area contributed by atoms with Gasteiger partial charge in [-0.3, -0.25) is 14.5 Å². The molecule has 1 aliphatic rings. The van der Waals surface area contributed by atoms with E-state index in [1.54, 1.807) is 66.7 Å². The van der Waals surface area contributed by atoms with E-state index in [0.717, 1.165) is 11.8 Å². The number of para-hydroxylation sites is 2. The highest BCUT2D eigenvalue weighted by atomic mass is 35.5. The van der Waals surface area contributed by atoms with Crippen LogP contribution in [0, 0.1) is 11.3 Å². The third kappa shape index (κ3) is 5.08. The topological polar surface area (TPSA) is 73.2 Å². The number of benzene rings is 3. The van der Waals surface area contributed by atoms with E-state index in [1.165, 1.54) is 4.90 Å². The summed E-state index contributed by atoms with van der Waals surface area (Å²) in [5, 5.41) is 13.5. The molecule has 1 heterocycles. The molecule has 34 heavy (non-hydrogen) atoms. The number of hydrogen-bond donors (Lipinski definition) is 1. The van der Waals surface area contributed by atoms with E-state index < -0.39 is 11.2 Å². The molecule has 3 aromatic rings. The zero-order chi connectivity index (χ0) is 24.2. The van der Waals surface area contributed by atoms with Gasteiger partial charge in [-0.25, -0.2) is 0 Å². The Balaban J connectivity index is 1.74. The highest BCUT2D eigenvalue weighted by Gasteiger charge is 2.41. The number of nitrogens with zero attached hydrogens (tertiary/aromatic N) is 2. The molecule has 1 saturated heterocycles. The number of halogens is 3. The maximum Gasteiger partial charge on any atom is 0.269 e. The molecule has 1 aliphatic heterocycles. The molecule has 0 saturated carbocycles. The van der Waals surface area contributed by atoms with Crippen LogP contribution in [0.4, 0.5) is 11.4 Å². The van der Waals surface area contributed by atoms with Crippen LogP contribution >= 0.6 is 46.6 Å². The summed E-state index contributed by atoms with van der Waals surface area (Å²) in [5.74, 6) is -0.922. The minimum absolute atomic E-state index is 0.193. The number of nitrogens with one attached hydrogen (secondary N) is 1. The normalized spacial score (nSPS) is 16.8. The van der Waals surface area contributed by atoms with Crippen molar-refractivity contribution < 1.29 is 9.59 Å². The Hall–Kier alpha value is -2.95. The minimum Gasteiger partial charge on any atom is -0.320 e. The molecule has 0 bridgehead atoms. The van der Waals surface area contributed by atoms with E-state index in [4.69, 9.17) is 34.8 Å². The first-order valence-corrected chi connectivity index (χ1v) is 12.1. The Labute approximate surface area is 215 Å². The fourth-order valence-electron chi connectivity index (χ4n) is 3.45. The Morgan fingerprint density at radius 3 is 2.41 bits per heavy atom. The molecule has 2 amide bonds. The van der Waals surface area contributed by atoms with Crippen molar-refractivity contribution in [3.8, 4) is 6.07 Å². The Morgan fingerprint density at radius 2 is 1.71 bits per heavy atom. The molecule has 9 heteroatoms. The van der Waals surface area contributed by atoms with Gasteiger partial charge in [-0.2, -0.15) is 5.26 Å². The largest absolute Gasteiger partial charge is 0.320 e. The molecule has 5 nitrogen and oxygen atoms in total. The fourth-order valence-corrected chi connectivity index (χ4v) is 5.31. The lowest BCUT2D eigenvalue weighted by Crippen LogP contribution is -2.31. The SMILES string of the molecule is N#C/C(C(=O)Nc1ccccc1Cl)=C1/S[C@H](Cc2cc(Cl)ccc2Cl)C(=O)N1c1ccccc1. The van der Waals surface area contributed by atoms with Crippen molar-refractivity contribution in [2.75, 3.05) is 10.2 Å². The van der Waals surface area contributed by atoms with Gasteiger partial charge in [0, 0.05) is 15.7 Å². The van der Waals surface area contributed by atoms with Crippen molar-refractivity contribution in [3.05, 3.63) is 104 Å². The van der Waals surface area contributed by atoms with E-state index in [9.17, 15) is 14.9 Å². The summed E-state index contributed by atoms with van der Waals surface area (Å²) >= 11 is 19.7. The number of amides is 2. The number of thioether (sulfide) groups is 1. The lowest BCUT2D eigenvalue weighted by Gasteiger charge is -2.18. The number of anilines is 2. The van der Waals surface area contributed by atoms with Gasteiger partial charge in [0.1, 0.15) is 16.7 Å². The van der Waals surface area contributed by atoms with Crippen molar-refractivity contribution in [1.29, 1.82) is 5.26 Å². The molecule has 0 aromatic heterocycles. The lowest BCUT2D eigenvalue weighted by molar-refractivity contribution is -0.117. The maximum absolute atomic E-state index is 13.5. The van der Waals surface area contributed by atoms with Crippen LogP contribution in [0.3, 0.4) is 0 Å². The number of nitriles is 1. The highest BCUT2D eigenvalue weighted by Crippen LogP contribution is 2.42. The second kappa shape index (κ2) is 10.5. The molecule has 1 atom stereocenters. The molecule has 170 valence electrons. The number of hydrogen-bond acceptors (Lipinski definition) is 4. The van der Waals surface area contributed by atoms with Crippen molar-refractivity contribution in [1.82, 2.24) is 0 Å². The molecular formula is C25H16Cl3N3O2S. The Bertz CT molecular complexity index is 1340. The van der Waals surface area contributed by atoms with Crippen LogP contribution in [0.25, 0.3) is 0 Å². The summed E-state index contributed by atoms with van der Waals surface area (Å²) in [6.07, 6.45) is 0.278. The van der Waals surface area contributed by atoms with Crippen LogP contribution in [0.1, 0.15) is 5.56 Å². The van der Waals surface area contributed by atoms with Gasteiger partial charge >= 0.3 is 0 Å². The van der Waals surface area contributed by atoms with Gasteiger partial charge in [-0.15, -0.1) is 0 Å². The summed E-state index contributed by atoms with van der Waals surface area (Å²) < 4.78 is 0. The zero-order valence-corrected chi connectivity index (χ0v) is 20.6. The van der Waals surface area contributed by atoms with Crippen LogP contribution in [-0.4, -0.2) is 17.1 Å². The van der Waals surface area contributed by atoms with Gasteiger partial charge in [0.05, 0.1) is 16.0 Å². The van der Waals surface area contributed by atoms with Crippen LogP contribution in [-0.2, 0) is 16.0 Å². The fraction of sp³-hybridized carbons (Fsp3) is 0.0800. The summed E-state index contributed by atoms with van der Waals surface area (Å²) in [6, 6.07) is 22.6. The quantitative estimate of drug-likeness (QED) is 0.295. The first-order chi connectivity index (χ1) is 16.4. The van der Waals surface area contributed by atoms with Gasteiger partial charge < -0.3 is 5.32 Å². The van der Waals surface area contributed by atoms with Crippen LogP contribution in [0.2, 0.25) is 15.1 Å². The smallest absolute Gasteiger partial charge is 0.269 e. The van der Waals surface area contributed by atoms with Crippen LogP contribution < -0.4 is 10.2 Å². The van der Waals surface area contributed by atoms with Crippen molar-refractivity contribution in [2.24, 2.45) is 0 Å². The molecule has 3 aromatic carbocycles. The average Bonchev–Trinajstić information content (AvgIpc) is 3.14. The van der Waals surface area contributed by atoms with Gasteiger partial charge in [-0.05, 0) is 54.4 Å². The predicted molar refractivity (Wildman–Crippen MR) is 138 cm³/mol. The molecular weight excluding hydrogens is 513 g/mol. The van der Waals surface area contributed by atoms with Crippen molar-refractivity contribution in [3.63, 3.8) is 0 Å². The monoisotopic (exact) mass is 527 g/mol. The lowest BCUT2D eigenvalue weighted by atomic mass is 10.1. The second-order valence-corrected chi connectivity index (χ2v) is 9.72. The molecule has 0 aliphatic carbocycles. The molecule has 0 spiro atoms. The van der Waals surface area contributed by atoms with Crippen molar-refractivity contribution >= 4 is 69.8 Å². The average molecular weight is 529 g/mol. The summed E-state index contributed by atoms with van der Waals surface area (Å²) in [7, 11) is 0. The molecule has 0 radical (unpaired) electrons. The zero-order valence-electron chi connectivity index (χ0n) is 17.5. The minimum atomic E-state index is -0.659. The number of carbonyl (C=O) groups excluding carboxylic acids is 2. The van der Waals surface area contributed by atoms with Crippen molar-refractivity contribution in [2.45, 2.75) is 11.7 Å².